The summed E-state index contributed by atoms with van der Waals surface area (Å²) in [5, 5.41) is 9.38. The second kappa shape index (κ2) is 3.61. The van der Waals surface area contributed by atoms with Crippen LogP contribution in [0.15, 0.2) is 22.9 Å². The molecule has 0 aromatic carbocycles. The summed E-state index contributed by atoms with van der Waals surface area (Å²) in [4.78, 5) is 4.02. The molecule has 0 saturated heterocycles. The van der Waals surface area contributed by atoms with Crippen molar-refractivity contribution in [2.45, 2.75) is 24.4 Å². The number of nitrogens with two attached hydrogens (primary N) is 1. The van der Waals surface area contributed by atoms with Crippen LogP contribution in [0.2, 0.25) is 0 Å². The minimum Gasteiger partial charge on any atom is -0.393 e. The molecule has 4 heteroatoms. The molecule has 3 nitrogen and oxygen atoms in total. The molecular weight excluding hydrogens is 244 g/mol. The van der Waals surface area contributed by atoms with Crippen LogP contribution < -0.4 is 5.73 Å². The molecule has 1 aliphatic carbocycles. The van der Waals surface area contributed by atoms with Gasteiger partial charge in [0, 0.05) is 28.8 Å². The third kappa shape index (κ3) is 1.47. The molecule has 0 spiro atoms. The van der Waals surface area contributed by atoms with E-state index in [1.54, 1.807) is 12.4 Å². The number of aliphatic hydroxyl groups excluding tert-OH is 1. The molecule has 0 aliphatic heterocycles. The van der Waals surface area contributed by atoms with Gasteiger partial charge in [-0.3, -0.25) is 4.98 Å². The van der Waals surface area contributed by atoms with Gasteiger partial charge in [0.05, 0.1) is 6.10 Å². The van der Waals surface area contributed by atoms with Gasteiger partial charge in [0.25, 0.3) is 0 Å². The normalized spacial score (nSPS) is 31.2. The topological polar surface area (TPSA) is 59.1 Å². The van der Waals surface area contributed by atoms with Crippen LogP contribution in [0.3, 0.4) is 0 Å². The van der Waals surface area contributed by atoms with Crippen molar-refractivity contribution < 1.29 is 5.11 Å². The first-order chi connectivity index (χ1) is 6.68. The van der Waals surface area contributed by atoms with Gasteiger partial charge in [-0.2, -0.15) is 0 Å². The lowest BCUT2D eigenvalue weighted by Gasteiger charge is -2.45. The molecule has 1 saturated carbocycles. The van der Waals surface area contributed by atoms with Crippen LogP contribution >= 0.6 is 15.9 Å². The van der Waals surface area contributed by atoms with Gasteiger partial charge in [0.1, 0.15) is 0 Å². The molecule has 0 bridgehead atoms. The van der Waals surface area contributed by atoms with E-state index in [0.717, 1.165) is 17.3 Å². The maximum Gasteiger partial charge on any atom is 0.0558 e. The fourth-order valence-corrected chi connectivity index (χ4v) is 2.82. The standard InChI is InChI=1S/C10H13BrN2O/c11-9-5-13-2-1-8(9)10(6-12)3-7(14)4-10/h1-2,5,7,14H,3-4,6,12H2. The third-order valence-corrected chi connectivity index (χ3v) is 3.62. The highest BCUT2D eigenvalue weighted by Gasteiger charge is 2.44. The average molecular weight is 257 g/mol. The van der Waals surface area contributed by atoms with Gasteiger partial charge in [0.2, 0.25) is 0 Å². The van der Waals surface area contributed by atoms with E-state index in [1.165, 1.54) is 5.56 Å². The average Bonchev–Trinajstić information content (AvgIpc) is 2.14. The van der Waals surface area contributed by atoms with Crippen LogP contribution in [0.4, 0.5) is 0 Å². The van der Waals surface area contributed by atoms with Crippen molar-refractivity contribution in [2.24, 2.45) is 5.73 Å². The van der Waals surface area contributed by atoms with Crippen LogP contribution in [0.5, 0.6) is 0 Å². The molecule has 1 heterocycles. The minimum absolute atomic E-state index is 0.0405. The highest BCUT2D eigenvalue weighted by molar-refractivity contribution is 9.10. The first kappa shape index (κ1) is 10.1. The zero-order chi connectivity index (χ0) is 10.2. The summed E-state index contributed by atoms with van der Waals surface area (Å²) in [6.07, 6.45) is 4.86. The van der Waals surface area contributed by atoms with Crippen molar-refractivity contribution in [3.05, 3.63) is 28.5 Å². The van der Waals surface area contributed by atoms with E-state index < -0.39 is 0 Å². The molecule has 0 unspecified atom stereocenters. The third-order valence-electron chi connectivity index (χ3n) is 2.99. The molecule has 2 rings (SSSR count). The zero-order valence-electron chi connectivity index (χ0n) is 7.78. The summed E-state index contributed by atoms with van der Waals surface area (Å²) in [5.41, 5.74) is 6.91. The van der Waals surface area contributed by atoms with E-state index in [-0.39, 0.29) is 11.5 Å². The van der Waals surface area contributed by atoms with Crippen LogP contribution in [0, 0.1) is 0 Å². The van der Waals surface area contributed by atoms with Gasteiger partial charge in [0.15, 0.2) is 0 Å². The molecule has 0 amide bonds. The SMILES string of the molecule is NCC1(c2ccncc2Br)CC(O)C1. The minimum atomic E-state index is -0.196. The fraction of sp³-hybridized carbons (Fsp3) is 0.500. The van der Waals surface area contributed by atoms with Crippen molar-refractivity contribution in [2.75, 3.05) is 6.54 Å². The van der Waals surface area contributed by atoms with Crippen LogP contribution in [0.25, 0.3) is 0 Å². The van der Waals surface area contributed by atoms with Gasteiger partial charge in [-0.15, -0.1) is 0 Å². The summed E-state index contributed by atoms with van der Waals surface area (Å²) in [6, 6.07) is 1.98. The Morgan fingerprint density at radius 3 is 2.86 bits per heavy atom. The number of hydrogen-bond donors (Lipinski definition) is 2. The first-order valence-electron chi connectivity index (χ1n) is 4.66. The lowest BCUT2D eigenvalue weighted by molar-refractivity contribution is 0.0218. The summed E-state index contributed by atoms with van der Waals surface area (Å²) < 4.78 is 0.984. The molecule has 1 aromatic heterocycles. The largest absolute Gasteiger partial charge is 0.393 e. The summed E-state index contributed by atoms with van der Waals surface area (Å²) in [7, 11) is 0. The highest BCUT2D eigenvalue weighted by atomic mass is 79.9. The van der Waals surface area contributed by atoms with E-state index in [1.807, 2.05) is 6.07 Å². The lowest BCUT2D eigenvalue weighted by Crippen LogP contribution is -2.50. The molecule has 1 aromatic rings. The molecule has 3 N–H and O–H groups in total. The predicted molar refractivity (Wildman–Crippen MR) is 57.9 cm³/mol. The Balaban J connectivity index is 2.34. The van der Waals surface area contributed by atoms with Crippen molar-refractivity contribution in [3.63, 3.8) is 0 Å². The van der Waals surface area contributed by atoms with Crippen molar-refractivity contribution in [1.82, 2.24) is 4.98 Å². The molecular formula is C10H13BrN2O. The van der Waals surface area contributed by atoms with Crippen molar-refractivity contribution >= 4 is 15.9 Å². The van der Waals surface area contributed by atoms with Gasteiger partial charge in [-0.05, 0) is 40.4 Å². The zero-order valence-corrected chi connectivity index (χ0v) is 9.37. The Kier molecular flexibility index (Phi) is 2.60. The maximum atomic E-state index is 9.38. The number of pyridine rings is 1. The molecule has 76 valence electrons. The summed E-state index contributed by atoms with van der Waals surface area (Å²) >= 11 is 3.47. The van der Waals surface area contributed by atoms with E-state index in [9.17, 15) is 5.11 Å². The summed E-state index contributed by atoms with van der Waals surface area (Å²) in [6.45, 7) is 0.576. The Labute approximate surface area is 91.5 Å². The van der Waals surface area contributed by atoms with E-state index >= 15 is 0 Å². The Morgan fingerprint density at radius 1 is 1.64 bits per heavy atom. The smallest absolute Gasteiger partial charge is 0.0558 e. The number of rotatable bonds is 2. The maximum absolute atomic E-state index is 9.38. The molecule has 1 aliphatic rings. The van der Waals surface area contributed by atoms with Crippen LogP contribution in [-0.2, 0) is 5.41 Å². The van der Waals surface area contributed by atoms with Gasteiger partial charge < -0.3 is 10.8 Å². The quantitative estimate of drug-likeness (QED) is 0.836. The molecule has 0 atom stereocenters. The van der Waals surface area contributed by atoms with E-state index in [4.69, 9.17) is 5.73 Å². The Morgan fingerprint density at radius 2 is 2.36 bits per heavy atom. The van der Waals surface area contributed by atoms with E-state index in [2.05, 4.69) is 20.9 Å². The van der Waals surface area contributed by atoms with E-state index in [0.29, 0.717) is 6.54 Å². The second-order valence-corrected chi connectivity index (χ2v) is 4.76. The second-order valence-electron chi connectivity index (χ2n) is 3.90. The highest BCUT2D eigenvalue weighted by Crippen LogP contribution is 2.45. The Bertz CT molecular complexity index is 337. The molecule has 0 radical (unpaired) electrons. The van der Waals surface area contributed by atoms with Crippen molar-refractivity contribution in [3.8, 4) is 0 Å². The van der Waals surface area contributed by atoms with Crippen LogP contribution in [-0.4, -0.2) is 22.7 Å². The number of hydrogen-bond acceptors (Lipinski definition) is 3. The van der Waals surface area contributed by atoms with Crippen molar-refractivity contribution in [1.29, 1.82) is 0 Å². The number of aromatic nitrogens is 1. The number of halogens is 1. The monoisotopic (exact) mass is 256 g/mol. The first-order valence-corrected chi connectivity index (χ1v) is 5.45. The van der Waals surface area contributed by atoms with Gasteiger partial charge in [-0.1, -0.05) is 0 Å². The molecule has 1 fully saturated rings. The van der Waals surface area contributed by atoms with Gasteiger partial charge in [-0.25, -0.2) is 0 Å². The number of nitrogens with zero attached hydrogens (tertiary/aromatic N) is 1. The number of aliphatic hydroxyl groups is 1. The summed E-state index contributed by atoms with van der Waals surface area (Å²) in [5.74, 6) is 0. The van der Waals surface area contributed by atoms with Crippen LogP contribution in [0.1, 0.15) is 18.4 Å². The van der Waals surface area contributed by atoms with Gasteiger partial charge >= 0.3 is 0 Å². The fourth-order valence-electron chi connectivity index (χ4n) is 2.14. The molecule has 14 heavy (non-hydrogen) atoms. The lowest BCUT2D eigenvalue weighted by atomic mass is 9.63. The Hall–Kier alpha value is -0.450. The predicted octanol–water partition coefficient (Wildman–Crippen LogP) is 1.20.